The smallest absolute Gasteiger partial charge is 0.278 e. The van der Waals surface area contributed by atoms with E-state index in [9.17, 15) is 4.79 Å². The third-order valence-electron chi connectivity index (χ3n) is 5.94. The van der Waals surface area contributed by atoms with Crippen LogP contribution in [0.5, 0.6) is 0 Å². The molecule has 2 N–H and O–H groups in total. The van der Waals surface area contributed by atoms with Gasteiger partial charge in [-0.25, -0.2) is 0 Å². The van der Waals surface area contributed by atoms with Crippen molar-refractivity contribution in [2.45, 2.75) is 33.4 Å². The van der Waals surface area contributed by atoms with E-state index in [2.05, 4.69) is 56.3 Å². The molecule has 0 unspecified atom stereocenters. The van der Waals surface area contributed by atoms with Gasteiger partial charge in [0.2, 0.25) is 0 Å². The second-order valence-corrected chi connectivity index (χ2v) is 8.46. The number of nitriles is 1. The summed E-state index contributed by atoms with van der Waals surface area (Å²) in [7, 11) is 0. The predicted octanol–water partition coefficient (Wildman–Crippen LogP) is 0.589. The van der Waals surface area contributed by atoms with Crippen molar-refractivity contribution in [2.24, 2.45) is 0 Å². The zero-order chi connectivity index (χ0) is 21.3. The molecule has 1 saturated heterocycles. The van der Waals surface area contributed by atoms with E-state index in [0.29, 0.717) is 18.7 Å². The Bertz CT molecular complexity index is 846. The Labute approximate surface area is 180 Å². The van der Waals surface area contributed by atoms with Gasteiger partial charge in [-0.05, 0) is 31.0 Å². The average Bonchev–Trinajstić information content (AvgIpc) is 2.77. The molecule has 2 aromatic carbocycles. The van der Waals surface area contributed by atoms with Gasteiger partial charge in [-0.1, -0.05) is 48.9 Å². The van der Waals surface area contributed by atoms with Crippen LogP contribution in [0.25, 0.3) is 0 Å². The summed E-state index contributed by atoms with van der Waals surface area (Å²) in [6.45, 7) is 11.5. The van der Waals surface area contributed by atoms with Crippen molar-refractivity contribution in [3.8, 4) is 6.07 Å². The van der Waals surface area contributed by atoms with Gasteiger partial charge in [0.15, 0.2) is 6.54 Å². The number of quaternary nitrogens is 2. The number of aryl methyl sites for hydroxylation is 1. The van der Waals surface area contributed by atoms with E-state index in [1.807, 2.05) is 17.0 Å². The molecule has 0 atom stereocenters. The molecule has 3 rings (SSSR count). The first-order valence-electron chi connectivity index (χ1n) is 11.1. The molecular formula is C25H34N4O+2. The zero-order valence-electron chi connectivity index (χ0n) is 18.3. The molecule has 0 saturated carbocycles. The summed E-state index contributed by atoms with van der Waals surface area (Å²) >= 11 is 0. The maximum absolute atomic E-state index is 13.0. The van der Waals surface area contributed by atoms with Crippen molar-refractivity contribution in [3.05, 3.63) is 70.8 Å². The van der Waals surface area contributed by atoms with Gasteiger partial charge < -0.3 is 14.7 Å². The lowest BCUT2D eigenvalue weighted by Gasteiger charge is -2.31. The highest BCUT2D eigenvalue weighted by Gasteiger charge is 2.26. The SMILES string of the molecule is CCCN(Cc1ccc(C)cc1)C(=O)C[NH+]1CC[NH+](Cc2ccc(C#N)cc2)CC1. The lowest BCUT2D eigenvalue weighted by Crippen LogP contribution is -3.28. The van der Waals surface area contributed by atoms with Crippen molar-refractivity contribution in [2.75, 3.05) is 39.3 Å². The van der Waals surface area contributed by atoms with Gasteiger partial charge >= 0.3 is 0 Å². The third kappa shape index (κ3) is 6.41. The second-order valence-electron chi connectivity index (χ2n) is 8.46. The molecule has 30 heavy (non-hydrogen) atoms. The molecule has 0 bridgehead atoms. The number of carbonyl (C=O) groups is 1. The van der Waals surface area contributed by atoms with Crippen LogP contribution in [0.3, 0.4) is 0 Å². The summed E-state index contributed by atoms with van der Waals surface area (Å²) in [4.78, 5) is 18.0. The van der Waals surface area contributed by atoms with Crippen molar-refractivity contribution < 1.29 is 14.6 Å². The van der Waals surface area contributed by atoms with Crippen molar-refractivity contribution in [1.82, 2.24) is 4.90 Å². The summed E-state index contributed by atoms with van der Waals surface area (Å²) in [5.74, 6) is 0.267. The number of nitrogens with one attached hydrogen (secondary N) is 2. The van der Waals surface area contributed by atoms with E-state index in [1.165, 1.54) is 21.6 Å². The monoisotopic (exact) mass is 406 g/mol. The van der Waals surface area contributed by atoms with Gasteiger partial charge in [0.1, 0.15) is 32.7 Å². The van der Waals surface area contributed by atoms with Crippen LogP contribution in [-0.2, 0) is 17.9 Å². The van der Waals surface area contributed by atoms with Crippen LogP contribution in [-0.4, -0.2) is 50.1 Å². The lowest BCUT2D eigenvalue weighted by atomic mass is 10.1. The Hall–Kier alpha value is -2.68. The molecule has 0 aliphatic carbocycles. The normalized spacial score (nSPS) is 18.6. The quantitative estimate of drug-likeness (QED) is 0.674. The average molecular weight is 407 g/mol. The van der Waals surface area contributed by atoms with Gasteiger partial charge in [-0.2, -0.15) is 5.26 Å². The predicted molar refractivity (Wildman–Crippen MR) is 118 cm³/mol. The van der Waals surface area contributed by atoms with Crippen LogP contribution in [0.2, 0.25) is 0 Å². The Morgan fingerprint density at radius 1 is 0.967 bits per heavy atom. The summed E-state index contributed by atoms with van der Waals surface area (Å²) in [5, 5.41) is 8.93. The summed E-state index contributed by atoms with van der Waals surface area (Å²) in [5.41, 5.74) is 4.44. The van der Waals surface area contributed by atoms with Gasteiger partial charge in [0.25, 0.3) is 5.91 Å². The first-order chi connectivity index (χ1) is 14.6. The number of rotatable bonds is 8. The van der Waals surface area contributed by atoms with E-state index in [1.54, 1.807) is 4.90 Å². The Morgan fingerprint density at radius 2 is 1.57 bits per heavy atom. The Kier molecular flexibility index (Phi) is 8.01. The van der Waals surface area contributed by atoms with E-state index in [-0.39, 0.29) is 5.91 Å². The van der Waals surface area contributed by atoms with E-state index in [4.69, 9.17) is 5.26 Å². The molecule has 1 amide bonds. The van der Waals surface area contributed by atoms with Gasteiger partial charge in [-0.15, -0.1) is 0 Å². The number of hydrogen-bond donors (Lipinski definition) is 2. The second kappa shape index (κ2) is 10.9. The molecule has 2 aromatic rings. The van der Waals surface area contributed by atoms with Crippen LogP contribution in [0.15, 0.2) is 48.5 Å². The van der Waals surface area contributed by atoms with E-state index < -0.39 is 0 Å². The molecule has 1 fully saturated rings. The minimum Gasteiger partial charge on any atom is -0.333 e. The maximum atomic E-state index is 13.0. The van der Waals surface area contributed by atoms with Crippen LogP contribution in [0.1, 0.15) is 35.6 Å². The minimum atomic E-state index is 0.267. The molecule has 5 nitrogen and oxygen atoms in total. The van der Waals surface area contributed by atoms with Gasteiger partial charge in [0.05, 0.1) is 11.6 Å². The zero-order valence-corrected chi connectivity index (χ0v) is 18.3. The van der Waals surface area contributed by atoms with Crippen molar-refractivity contribution >= 4 is 5.91 Å². The minimum absolute atomic E-state index is 0.267. The number of carbonyl (C=O) groups excluding carboxylic acids is 1. The largest absolute Gasteiger partial charge is 0.333 e. The van der Waals surface area contributed by atoms with Crippen LogP contribution in [0, 0.1) is 18.3 Å². The molecule has 0 aromatic heterocycles. The lowest BCUT2D eigenvalue weighted by molar-refractivity contribution is -1.02. The summed E-state index contributed by atoms with van der Waals surface area (Å²) in [6.07, 6.45) is 0.982. The van der Waals surface area contributed by atoms with Crippen LogP contribution in [0.4, 0.5) is 0 Å². The highest BCUT2D eigenvalue weighted by Crippen LogP contribution is 2.07. The first kappa shape index (κ1) is 22.0. The molecule has 0 radical (unpaired) electrons. The maximum Gasteiger partial charge on any atom is 0.278 e. The van der Waals surface area contributed by atoms with Gasteiger partial charge in [-0.3, -0.25) is 4.79 Å². The fraction of sp³-hybridized carbons (Fsp3) is 0.440. The Balaban J connectivity index is 1.47. The molecular weight excluding hydrogens is 372 g/mol. The number of benzene rings is 2. The highest BCUT2D eigenvalue weighted by molar-refractivity contribution is 5.77. The number of hydrogen-bond acceptors (Lipinski definition) is 2. The molecule has 158 valence electrons. The fourth-order valence-electron chi connectivity index (χ4n) is 4.10. The number of nitrogens with zero attached hydrogens (tertiary/aromatic N) is 2. The van der Waals surface area contributed by atoms with E-state index >= 15 is 0 Å². The summed E-state index contributed by atoms with van der Waals surface area (Å²) in [6, 6.07) is 18.6. The highest BCUT2D eigenvalue weighted by atomic mass is 16.2. The standard InChI is InChI=1S/C25H32N4O/c1-3-12-29(19-24-6-4-21(2)5-7-24)25(30)20-28-15-13-27(14-16-28)18-23-10-8-22(17-26)9-11-23/h4-11H,3,12-16,18-20H2,1-2H3/p+2. The summed E-state index contributed by atoms with van der Waals surface area (Å²) < 4.78 is 0. The molecule has 1 aliphatic rings. The van der Waals surface area contributed by atoms with Crippen molar-refractivity contribution in [3.63, 3.8) is 0 Å². The van der Waals surface area contributed by atoms with Crippen molar-refractivity contribution in [1.29, 1.82) is 5.26 Å². The number of piperazine rings is 1. The fourth-order valence-corrected chi connectivity index (χ4v) is 4.10. The van der Waals surface area contributed by atoms with Gasteiger partial charge in [0, 0.05) is 18.7 Å². The third-order valence-corrected chi connectivity index (χ3v) is 5.94. The molecule has 0 spiro atoms. The first-order valence-corrected chi connectivity index (χ1v) is 11.1. The Morgan fingerprint density at radius 3 is 2.17 bits per heavy atom. The van der Waals surface area contributed by atoms with E-state index in [0.717, 1.165) is 45.7 Å². The molecule has 5 heteroatoms. The molecule has 1 aliphatic heterocycles. The van der Waals surface area contributed by atoms with Crippen LogP contribution >= 0.6 is 0 Å². The number of amides is 1. The molecule has 1 heterocycles. The topological polar surface area (TPSA) is 53.0 Å². The van der Waals surface area contributed by atoms with Crippen LogP contribution < -0.4 is 9.80 Å².